The average molecular weight is 214 g/mol. The summed E-state index contributed by atoms with van der Waals surface area (Å²) in [5.74, 6) is -0.250. The van der Waals surface area contributed by atoms with E-state index in [-0.39, 0.29) is 5.97 Å². The van der Waals surface area contributed by atoms with Crippen LogP contribution in [0, 0.1) is 0 Å². The lowest BCUT2D eigenvalue weighted by atomic mass is 10.2. The van der Waals surface area contributed by atoms with Crippen molar-refractivity contribution in [1.29, 1.82) is 0 Å². The van der Waals surface area contributed by atoms with E-state index >= 15 is 0 Å². The normalized spacial score (nSPS) is 10.1. The predicted molar refractivity (Wildman–Crippen MR) is 58.3 cm³/mol. The summed E-state index contributed by atoms with van der Waals surface area (Å²) in [6.07, 6.45) is 2.23. The summed E-state index contributed by atoms with van der Waals surface area (Å²) < 4.78 is 5.04. The number of nitrogen functional groups attached to an aromatic ring is 2. The number of esters is 1. The molecule has 0 bridgehead atoms. The number of ether oxygens (including phenoxy) is 1. The van der Waals surface area contributed by atoms with E-state index in [1.54, 1.807) is 5.38 Å². The van der Waals surface area contributed by atoms with E-state index in [2.05, 4.69) is 0 Å². The van der Waals surface area contributed by atoms with Crippen LogP contribution in [0.4, 0.5) is 11.4 Å². The van der Waals surface area contributed by atoms with Gasteiger partial charge in [0.05, 0.1) is 5.69 Å². The Morgan fingerprint density at radius 1 is 1.57 bits per heavy atom. The molecule has 1 rings (SSSR count). The minimum absolute atomic E-state index is 0.250. The summed E-state index contributed by atoms with van der Waals surface area (Å²) in [6, 6.07) is 0. The number of unbranched alkanes of at least 4 members (excludes halogenated alkanes) is 1. The maximum Gasteiger partial charge on any atom is 0.312 e. The number of rotatable bonds is 4. The molecule has 1 aromatic heterocycles. The molecule has 1 heterocycles. The topological polar surface area (TPSA) is 78.3 Å². The third kappa shape index (κ3) is 2.63. The summed E-state index contributed by atoms with van der Waals surface area (Å²) in [5.41, 5.74) is 11.9. The van der Waals surface area contributed by atoms with Crippen LogP contribution in [0.1, 0.15) is 26.2 Å². The highest BCUT2D eigenvalue weighted by molar-refractivity contribution is 7.13. The molecule has 0 aliphatic heterocycles. The Bertz CT molecular complexity index is 323. The zero-order valence-electron chi connectivity index (χ0n) is 8.08. The van der Waals surface area contributed by atoms with Gasteiger partial charge in [-0.2, -0.15) is 0 Å². The molecular formula is C9H14N2O2S. The number of anilines is 2. The van der Waals surface area contributed by atoms with Gasteiger partial charge in [-0.15, -0.1) is 11.3 Å². The number of carbonyl (C=O) groups excluding carboxylic acids is 1. The summed E-state index contributed by atoms with van der Waals surface area (Å²) in [4.78, 5) is 11.2. The molecule has 0 unspecified atom stereocenters. The number of thiophene rings is 1. The largest absolute Gasteiger partial charge is 0.413 e. The highest BCUT2D eigenvalue weighted by Gasteiger charge is 2.11. The van der Waals surface area contributed by atoms with E-state index in [9.17, 15) is 4.79 Å². The molecular weight excluding hydrogens is 200 g/mol. The van der Waals surface area contributed by atoms with E-state index in [1.165, 1.54) is 11.3 Å². The van der Waals surface area contributed by atoms with Gasteiger partial charge in [0, 0.05) is 11.8 Å². The number of hydrogen-bond acceptors (Lipinski definition) is 5. The first kappa shape index (κ1) is 10.8. The highest BCUT2D eigenvalue weighted by Crippen LogP contribution is 2.35. The second-order valence-corrected chi connectivity index (χ2v) is 3.81. The van der Waals surface area contributed by atoms with Crippen molar-refractivity contribution in [1.82, 2.24) is 0 Å². The predicted octanol–water partition coefficient (Wildman–Crippen LogP) is 2.01. The van der Waals surface area contributed by atoms with E-state index in [1.807, 2.05) is 6.92 Å². The minimum Gasteiger partial charge on any atom is -0.413 e. The SMILES string of the molecule is CCCCC(=O)Oc1scc(N)c1N. The molecule has 0 aromatic carbocycles. The van der Waals surface area contributed by atoms with E-state index in [4.69, 9.17) is 16.2 Å². The molecule has 0 radical (unpaired) electrons. The first-order valence-corrected chi connectivity index (χ1v) is 5.36. The second-order valence-electron chi connectivity index (χ2n) is 2.97. The number of carbonyl (C=O) groups is 1. The third-order valence-corrected chi connectivity index (χ3v) is 2.65. The van der Waals surface area contributed by atoms with Crippen molar-refractivity contribution < 1.29 is 9.53 Å². The van der Waals surface area contributed by atoms with Crippen LogP contribution in [0.2, 0.25) is 0 Å². The molecule has 0 amide bonds. The zero-order chi connectivity index (χ0) is 10.6. The van der Waals surface area contributed by atoms with Gasteiger partial charge in [0.15, 0.2) is 0 Å². The monoisotopic (exact) mass is 214 g/mol. The Kier molecular flexibility index (Phi) is 3.76. The first-order chi connectivity index (χ1) is 6.65. The summed E-state index contributed by atoms with van der Waals surface area (Å²) in [7, 11) is 0. The van der Waals surface area contributed by atoms with Crippen LogP contribution >= 0.6 is 11.3 Å². The lowest BCUT2D eigenvalue weighted by Gasteiger charge is -2.01. The molecule has 0 saturated heterocycles. The number of hydrogen-bond donors (Lipinski definition) is 2. The summed E-state index contributed by atoms with van der Waals surface area (Å²) >= 11 is 1.24. The second kappa shape index (κ2) is 4.85. The van der Waals surface area contributed by atoms with Gasteiger partial charge in [0.25, 0.3) is 0 Å². The van der Waals surface area contributed by atoms with Gasteiger partial charge in [0.1, 0.15) is 5.69 Å². The highest BCUT2D eigenvalue weighted by atomic mass is 32.1. The van der Waals surface area contributed by atoms with Gasteiger partial charge in [-0.05, 0) is 6.42 Å². The van der Waals surface area contributed by atoms with Gasteiger partial charge in [-0.3, -0.25) is 4.79 Å². The molecule has 14 heavy (non-hydrogen) atoms. The summed E-state index contributed by atoms with van der Waals surface area (Å²) in [5, 5.41) is 2.07. The molecule has 4 N–H and O–H groups in total. The van der Waals surface area contributed by atoms with Crippen molar-refractivity contribution in [2.75, 3.05) is 11.5 Å². The molecule has 0 aliphatic rings. The van der Waals surface area contributed by atoms with Crippen LogP contribution in [0.25, 0.3) is 0 Å². The summed E-state index contributed by atoms with van der Waals surface area (Å²) in [6.45, 7) is 2.02. The fourth-order valence-electron chi connectivity index (χ4n) is 0.916. The van der Waals surface area contributed by atoms with E-state index in [0.29, 0.717) is 22.9 Å². The Balaban J connectivity index is 2.52. The molecule has 4 nitrogen and oxygen atoms in total. The van der Waals surface area contributed by atoms with Gasteiger partial charge in [0.2, 0.25) is 5.06 Å². The fourth-order valence-corrected chi connectivity index (χ4v) is 1.66. The lowest BCUT2D eigenvalue weighted by molar-refractivity contribution is -0.134. The van der Waals surface area contributed by atoms with Crippen molar-refractivity contribution in [2.24, 2.45) is 0 Å². The number of nitrogens with two attached hydrogens (primary N) is 2. The van der Waals surface area contributed by atoms with Crippen molar-refractivity contribution in [2.45, 2.75) is 26.2 Å². The van der Waals surface area contributed by atoms with Crippen molar-refractivity contribution in [3.8, 4) is 5.06 Å². The standard InChI is InChI=1S/C9H14N2O2S/c1-2-3-4-7(12)13-9-8(11)6(10)5-14-9/h5H,2-4,10-11H2,1H3. The first-order valence-electron chi connectivity index (χ1n) is 4.48. The van der Waals surface area contributed by atoms with E-state index in [0.717, 1.165) is 12.8 Å². The Morgan fingerprint density at radius 2 is 2.29 bits per heavy atom. The van der Waals surface area contributed by atoms with Crippen LogP contribution in [-0.2, 0) is 4.79 Å². The smallest absolute Gasteiger partial charge is 0.312 e. The molecule has 78 valence electrons. The van der Waals surface area contributed by atoms with Crippen molar-refractivity contribution in [3.63, 3.8) is 0 Å². The van der Waals surface area contributed by atoms with Crippen LogP contribution in [-0.4, -0.2) is 5.97 Å². The zero-order valence-corrected chi connectivity index (χ0v) is 8.89. The quantitative estimate of drug-likeness (QED) is 0.751. The van der Waals surface area contributed by atoms with Crippen LogP contribution in [0.15, 0.2) is 5.38 Å². The van der Waals surface area contributed by atoms with Gasteiger partial charge in [-0.1, -0.05) is 13.3 Å². The molecule has 0 saturated carbocycles. The lowest BCUT2D eigenvalue weighted by Crippen LogP contribution is -2.07. The molecule has 1 aromatic rings. The minimum atomic E-state index is -0.250. The van der Waals surface area contributed by atoms with Gasteiger partial charge >= 0.3 is 5.97 Å². The van der Waals surface area contributed by atoms with Gasteiger partial charge < -0.3 is 16.2 Å². The van der Waals surface area contributed by atoms with Crippen LogP contribution in [0.5, 0.6) is 5.06 Å². The maximum atomic E-state index is 11.2. The molecule has 0 atom stereocenters. The molecule has 0 aliphatic carbocycles. The van der Waals surface area contributed by atoms with Crippen molar-refractivity contribution in [3.05, 3.63) is 5.38 Å². The Hall–Kier alpha value is -1.23. The Labute approximate surface area is 86.9 Å². The van der Waals surface area contributed by atoms with Gasteiger partial charge in [-0.25, -0.2) is 0 Å². The molecule has 0 spiro atoms. The molecule has 0 fully saturated rings. The third-order valence-electron chi connectivity index (χ3n) is 1.76. The Morgan fingerprint density at radius 3 is 2.79 bits per heavy atom. The van der Waals surface area contributed by atoms with Crippen LogP contribution < -0.4 is 16.2 Å². The van der Waals surface area contributed by atoms with E-state index < -0.39 is 0 Å². The fraction of sp³-hybridized carbons (Fsp3) is 0.444. The average Bonchev–Trinajstić information content (AvgIpc) is 2.46. The molecule has 5 heteroatoms. The van der Waals surface area contributed by atoms with Crippen molar-refractivity contribution >= 4 is 28.7 Å². The maximum absolute atomic E-state index is 11.2. The van der Waals surface area contributed by atoms with Crippen LogP contribution in [0.3, 0.4) is 0 Å².